The fourth-order valence-corrected chi connectivity index (χ4v) is 4.43. The average Bonchev–Trinajstić information content (AvgIpc) is 3.17. The predicted molar refractivity (Wildman–Crippen MR) is 141 cm³/mol. The molecule has 7 heteroatoms. The van der Waals surface area contributed by atoms with Crippen LogP contribution >= 0.6 is 0 Å². The summed E-state index contributed by atoms with van der Waals surface area (Å²) < 4.78 is 11.4. The number of hydrogen-bond donors (Lipinski definition) is 1. The molecule has 4 rings (SSSR count). The molecule has 0 bridgehead atoms. The molecule has 1 saturated heterocycles. The summed E-state index contributed by atoms with van der Waals surface area (Å²) in [6.45, 7) is 5.29. The fourth-order valence-electron chi connectivity index (χ4n) is 4.43. The van der Waals surface area contributed by atoms with Gasteiger partial charge < -0.3 is 19.5 Å². The van der Waals surface area contributed by atoms with Crippen molar-refractivity contribution in [3.63, 3.8) is 0 Å². The molecule has 0 radical (unpaired) electrons. The topological polar surface area (TPSA) is 89.0 Å². The van der Waals surface area contributed by atoms with Crippen molar-refractivity contribution >= 4 is 17.4 Å². The lowest BCUT2D eigenvalue weighted by Gasteiger charge is -2.25. The van der Waals surface area contributed by atoms with Gasteiger partial charge in [0.05, 0.1) is 24.8 Å². The second-order valence-electron chi connectivity index (χ2n) is 8.87. The summed E-state index contributed by atoms with van der Waals surface area (Å²) in [6, 6.07) is 17.0. The number of aromatic nitrogens is 1. The van der Waals surface area contributed by atoms with Crippen LogP contribution in [0.5, 0.6) is 11.5 Å². The first kappa shape index (κ1) is 25.9. The highest BCUT2D eigenvalue weighted by atomic mass is 16.5. The highest BCUT2D eigenvalue weighted by Crippen LogP contribution is 2.41. The van der Waals surface area contributed by atoms with Crippen LogP contribution in [0.4, 0.5) is 0 Å². The molecule has 1 unspecified atom stereocenters. The number of likely N-dealkylation sites (tertiary alicyclic amines) is 1. The van der Waals surface area contributed by atoms with E-state index in [4.69, 9.17) is 9.47 Å². The predicted octanol–water partition coefficient (Wildman–Crippen LogP) is 5.67. The van der Waals surface area contributed by atoms with Crippen LogP contribution in [-0.2, 0) is 16.1 Å². The van der Waals surface area contributed by atoms with Crippen molar-refractivity contribution in [1.82, 2.24) is 9.88 Å². The Bertz CT molecular complexity index is 1250. The molecule has 2 heterocycles. The first-order chi connectivity index (χ1) is 18.0. The van der Waals surface area contributed by atoms with Crippen LogP contribution in [0.2, 0.25) is 0 Å². The van der Waals surface area contributed by atoms with Crippen LogP contribution in [0.15, 0.2) is 78.6 Å². The zero-order valence-corrected chi connectivity index (χ0v) is 21.2. The highest BCUT2D eigenvalue weighted by molar-refractivity contribution is 6.46. The highest BCUT2D eigenvalue weighted by Gasteiger charge is 2.46. The number of ether oxygens (including phenoxy) is 2. The molecule has 1 aromatic heterocycles. The minimum atomic E-state index is -0.786. The maximum absolute atomic E-state index is 13.3. The molecule has 1 N–H and O–H groups in total. The van der Waals surface area contributed by atoms with Crippen LogP contribution in [0.1, 0.15) is 55.8 Å². The van der Waals surface area contributed by atoms with E-state index in [9.17, 15) is 14.7 Å². The van der Waals surface area contributed by atoms with Gasteiger partial charge in [-0.05, 0) is 66.9 Å². The summed E-state index contributed by atoms with van der Waals surface area (Å²) in [5, 5.41) is 11.3. The van der Waals surface area contributed by atoms with Crippen molar-refractivity contribution < 1.29 is 24.2 Å². The molecule has 37 heavy (non-hydrogen) atoms. The Morgan fingerprint density at radius 2 is 1.78 bits per heavy atom. The zero-order valence-electron chi connectivity index (χ0n) is 21.2. The molecule has 1 fully saturated rings. The summed E-state index contributed by atoms with van der Waals surface area (Å²) in [6.07, 6.45) is 6.43. The van der Waals surface area contributed by atoms with E-state index in [0.717, 1.165) is 24.8 Å². The van der Waals surface area contributed by atoms with E-state index in [0.29, 0.717) is 35.8 Å². The van der Waals surface area contributed by atoms with Gasteiger partial charge in [-0.2, -0.15) is 0 Å². The molecule has 3 aromatic rings. The van der Waals surface area contributed by atoms with E-state index in [1.165, 1.54) is 4.90 Å². The van der Waals surface area contributed by atoms with Crippen LogP contribution < -0.4 is 9.47 Å². The molecule has 2 aromatic carbocycles. The molecule has 0 aliphatic carbocycles. The summed E-state index contributed by atoms with van der Waals surface area (Å²) >= 11 is 0. The van der Waals surface area contributed by atoms with Crippen LogP contribution in [0.3, 0.4) is 0 Å². The Morgan fingerprint density at radius 1 is 0.973 bits per heavy atom. The van der Waals surface area contributed by atoms with Gasteiger partial charge in [-0.1, -0.05) is 38.0 Å². The molecule has 1 aliphatic heterocycles. The number of ketones is 1. The van der Waals surface area contributed by atoms with Crippen LogP contribution in [0, 0.1) is 0 Å². The monoisotopic (exact) mass is 500 g/mol. The number of carbonyl (C=O) groups excluding carboxylic acids is 2. The average molecular weight is 501 g/mol. The van der Waals surface area contributed by atoms with Gasteiger partial charge in [0.1, 0.15) is 17.3 Å². The maximum atomic E-state index is 13.3. The molecule has 1 amide bonds. The lowest BCUT2D eigenvalue weighted by atomic mass is 9.95. The zero-order chi connectivity index (χ0) is 26.2. The normalized spacial score (nSPS) is 16.7. The van der Waals surface area contributed by atoms with Gasteiger partial charge in [0.2, 0.25) is 0 Å². The SMILES string of the molecule is CCCCCOc1cccc(C2/C(=C(\O)c3ccc(OCC)cc3)C(=O)C(=O)N2Cc2cccnc2)c1. The van der Waals surface area contributed by atoms with Crippen LogP contribution in [-0.4, -0.2) is 39.9 Å². The van der Waals surface area contributed by atoms with Gasteiger partial charge in [-0.15, -0.1) is 0 Å². The molecule has 1 atom stereocenters. The smallest absolute Gasteiger partial charge is 0.295 e. The maximum Gasteiger partial charge on any atom is 0.295 e. The summed E-state index contributed by atoms with van der Waals surface area (Å²) in [5.74, 6) is -0.318. The number of benzene rings is 2. The number of hydrogen-bond acceptors (Lipinski definition) is 6. The van der Waals surface area contributed by atoms with Crippen molar-refractivity contribution in [2.24, 2.45) is 0 Å². The minimum absolute atomic E-state index is 0.0428. The number of rotatable bonds is 11. The Kier molecular flexibility index (Phi) is 8.56. The van der Waals surface area contributed by atoms with E-state index < -0.39 is 17.7 Å². The number of amides is 1. The van der Waals surface area contributed by atoms with E-state index in [-0.39, 0.29) is 17.9 Å². The molecule has 7 nitrogen and oxygen atoms in total. The number of carbonyl (C=O) groups is 2. The Hall–Kier alpha value is -4.13. The largest absolute Gasteiger partial charge is 0.507 e. The van der Waals surface area contributed by atoms with Crippen molar-refractivity contribution in [2.45, 2.75) is 45.7 Å². The third-order valence-electron chi connectivity index (χ3n) is 6.24. The molecule has 192 valence electrons. The first-order valence-electron chi connectivity index (χ1n) is 12.7. The Balaban J connectivity index is 1.75. The van der Waals surface area contributed by atoms with Crippen molar-refractivity contribution in [3.8, 4) is 11.5 Å². The second-order valence-corrected chi connectivity index (χ2v) is 8.87. The Morgan fingerprint density at radius 3 is 2.49 bits per heavy atom. The lowest BCUT2D eigenvalue weighted by molar-refractivity contribution is -0.140. The van der Waals surface area contributed by atoms with Crippen molar-refractivity contribution in [3.05, 3.63) is 95.3 Å². The van der Waals surface area contributed by atoms with E-state index >= 15 is 0 Å². The van der Waals surface area contributed by atoms with E-state index in [1.807, 2.05) is 37.3 Å². The van der Waals surface area contributed by atoms with E-state index in [1.54, 1.807) is 42.7 Å². The molecule has 0 spiro atoms. The molecule has 0 saturated carbocycles. The second kappa shape index (κ2) is 12.2. The van der Waals surface area contributed by atoms with Gasteiger partial charge in [0.15, 0.2) is 0 Å². The fraction of sp³-hybridized carbons (Fsp3) is 0.300. The van der Waals surface area contributed by atoms with Crippen molar-refractivity contribution in [2.75, 3.05) is 13.2 Å². The summed E-state index contributed by atoms with van der Waals surface area (Å²) in [5.41, 5.74) is 1.94. The number of Topliss-reactive ketones (excluding diaryl/α,β-unsaturated/α-hetero) is 1. The van der Waals surface area contributed by atoms with Gasteiger partial charge in [-0.25, -0.2) is 0 Å². The lowest BCUT2D eigenvalue weighted by Crippen LogP contribution is -2.29. The van der Waals surface area contributed by atoms with Gasteiger partial charge in [-0.3, -0.25) is 14.6 Å². The van der Waals surface area contributed by atoms with Gasteiger partial charge in [0, 0.05) is 24.5 Å². The third-order valence-corrected chi connectivity index (χ3v) is 6.24. The van der Waals surface area contributed by atoms with Crippen molar-refractivity contribution in [1.29, 1.82) is 0 Å². The first-order valence-corrected chi connectivity index (χ1v) is 12.7. The summed E-state index contributed by atoms with van der Waals surface area (Å²) in [4.78, 5) is 32.2. The quantitative estimate of drug-likeness (QED) is 0.158. The number of aliphatic hydroxyl groups excluding tert-OH is 1. The number of pyridine rings is 1. The van der Waals surface area contributed by atoms with Crippen LogP contribution in [0.25, 0.3) is 5.76 Å². The summed E-state index contributed by atoms with van der Waals surface area (Å²) in [7, 11) is 0. The standard InChI is InChI=1S/C30H32N2O5/c1-3-5-6-17-37-25-11-7-10-23(18-25)27-26(28(33)22-12-14-24(15-13-22)36-4-2)29(34)30(35)32(27)20-21-9-8-16-31-19-21/h7-16,18-19,27,33H,3-6,17,20H2,1-2H3/b28-26+. The third kappa shape index (κ3) is 6.00. The van der Waals surface area contributed by atoms with Gasteiger partial charge >= 0.3 is 0 Å². The molecular formula is C30H32N2O5. The molecule has 1 aliphatic rings. The Labute approximate surface area is 217 Å². The minimum Gasteiger partial charge on any atom is -0.507 e. The number of unbranched alkanes of at least 4 members (excludes halogenated alkanes) is 2. The molecular weight excluding hydrogens is 468 g/mol. The number of nitrogens with zero attached hydrogens (tertiary/aromatic N) is 2. The number of aliphatic hydroxyl groups is 1. The van der Waals surface area contributed by atoms with Gasteiger partial charge in [0.25, 0.3) is 11.7 Å². The van der Waals surface area contributed by atoms with E-state index in [2.05, 4.69) is 11.9 Å².